The van der Waals surface area contributed by atoms with E-state index in [-0.39, 0.29) is 29.8 Å². The van der Waals surface area contributed by atoms with Crippen LogP contribution in [0.3, 0.4) is 0 Å². The van der Waals surface area contributed by atoms with E-state index in [1.54, 1.807) is 0 Å². The van der Waals surface area contributed by atoms with Gasteiger partial charge in [0.05, 0.1) is 22.5 Å². The van der Waals surface area contributed by atoms with Crippen LogP contribution in [-0.4, -0.2) is 20.3 Å². The number of nitrogens with zero attached hydrogens (tertiary/aromatic N) is 3. The molecule has 3 aromatic carbocycles. The maximum absolute atomic E-state index is 13.7. The Labute approximate surface area is 195 Å². The molecule has 0 radical (unpaired) electrons. The second-order valence-electron chi connectivity index (χ2n) is 8.62. The van der Waals surface area contributed by atoms with E-state index in [2.05, 4.69) is 12.1 Å². The largest absolute Gasteiger partial charge is 0.420 e. The summed E-state index contributed by atoms with van der Waals surface area (Å²) in [7, 11) is 0. The van der Waals surface area contributed by atoms with E-state index in [9.17, 15) is 19.7 Å². The van der Waals surface area contributed by atoms with Crippen molar-refractivity contribution in [2.24, 2.45) is 0 Å². The van der Waals surface area contributed by atoms with Crippen molar-refractivity contribution in [1.29, 1.82) is 0 Å². The third kappa shape index (κ3) is 3.98. The van der Waals surface area contributed by atoms with E-state index in [1.165, 1.54) is 28.3 Å². The lowest BCUT2D eigenvalue weighted by molar-refractivity contribution is -0.384. The van der Waals surface area contributed by atoms with E-state index < -0.39 is 10.7 Å². The van der Waals surface area contributed by atoms with Crippen LogP contribution in [0.2, 0.25) is 0 Å². The summed E-state index contributed by atoms with van der Waals surface area (Å²) in [6, 6.07) is 20.0. The highest BCUT2D eigenvalue weighted by Gasteiger charge is 2.31. The molecule has 0 N–H and O–H groups in total. The third-order valence-corrected chi connectivity index (χ3v) is 6.43. The van der Waals surface area contributed by atoms with Gasteiger partial charge < -0.3 is 9.32 Å². The zero-order valence-corrected chi connectivity index (χ0v) is 18.6. The van der Waals surface area contributed by atoms with Gasteiger partial charge in [-0.05, 0) is 42.5 Å². The molecule has 4 aromatic rings. The number of aromatic nitrogens is 1. The first-order valence-corrected chi connectivity index (χ1v) is 11.1. The zero-order valence-electron chi connectivity index (χ0n) is 18.6. The van der Waals surface area contributed by atoms with Crippen molar-refractivity contribution in [3.05, 3.63) is 110 Å². The van der Waals surface area contributed by atoms with Crippen molar-refractivity contribution < 1.29 is 14.1 Å². The van der Waals surface area contributed by atoms with Gasteiger partial charge in [0, 0.05) is 12.6 Å². The molecule has 1 aromatic heterocycles. The highest BCUT2D eigenvalue weighted by molar-refractivity contribution is 5.81. The quantitative estimate of drug-likeness (QED) is 0.313. The molecule has 1 aliphatic rings. The van der Waals surface area contributed by atoms with Gasteiger partial charge in [0.15, 0.2) is 5.58 Å². The molecule has 1 atom stereocenters. The number of amides is 1. The molecule has 1 unspecified atom stereocenters. The average Bonchev–Trinajstić information content (AvgIpc) is 3.39. The predicted molar refractivity (Wildman–Crippen MR) is 126 cm³/mol. The number of non-ortho nitro benzene ring substituents is 1. The molecule has 0 fully saturated rings. The minimum Gasteiger partial charge on any atom is -0.407 e. The Kier molecular flexibility index (Phi) is 5.49. The van der Waals surface area contributed by atoms with Gasteiger partial charge in [-0.25, -0.2) is 4.79 Å². The Morgan fingerprint density at radius 2 is 1.91 bits per heavy atom. The number of hydrogen-bond donors (Lipinski definition) is 0. The predicted octanol–water partition coefficient (Wildman–Crippen LogP) is 4.53. The summed E-state index contributed by atoms with van der Waals surface area (Å²) in [5.41, 5.74) is 4.76. The lowest BCUT2D eigenvalue weighted by Crippen LogP contribution is -2.37. The molecular formula is C26H23N3O5. The molecule has 1 aliphatic carbocycles. The summed E-state index contributed by atoms with van der Waals surface area (Å²) in [5.74, 6) is -0.934. The Morgan fingerprint density at radius 1 is 1.15 bits per heavy atom. The fraction of sp³-hybridized carbons (Fsp3) is 0.231. The first-order valence-electron chi connectivity index (χ1n) is 11.1. The van der Waals surface area contributed by atoms with Crippen molar-refractivity contribution in [2.45, 2.75) is 38.9 Å². The number of carbonyl (C=O) groups is 1. The standard InChI is InChI=1S/C26H23N3O5/c1-17-6-8-18(9-7-17)15-27(22-12-10-19-4-2-3-5-21(19)22)25(30)16-28-23-13-11-20(29(32)33)14-24(23)34-26(28)31/h2-9,11,13-14,22H,10,12,15-16H2,1H3. The summed E-state index contributed by atoms with van der Waals surface area (Å²) in [6.07, 6.45) is 1.70. The number of aryl methyl sites for hydroxylation is 2. The average molecular weight is 457 g/mol. The van der Waals surface area contributed by atoms with Crippen molar-refractivity contribution in [3.8, 4) is 0 Å². The second-order valence-corrected chi connectivity index (χ2v) is 8.62. The van der Waals surface area contributed by atoms with Gasteiger partial charge in [0.1, 0.15) is 6.54 Å². The number of benzene rings is 3. The van der Waals surface area contributed by atoms with Crippen molar-refractivity contribution >= 4 is 22.7 Å². The number of fused-ring (bicyclic) bond motifs is 2. The minimum atomic E-state index is -0.717. The molecule has 5 rings (SSSR count). The lowest BCUT2D eigenvalue weighted by Gasteiger charge is -2.30. The number of oxazole rings is 1. The molecule has 1 amide bonds. The van der Waals surface area contributed by atoms with Gasteiger partial charge in [-0.15, -0.1) is 0 Å². The van der Waals surface area contributed by atoms with E-state index in [0.29, 0.717) is 12.1 Å². The molecule has 1 heterocycles. The molecular weight excluding hydrogens is 434 g/mol. The smallest absolute Gasteiger partial charge is 0.407 e. The van der Waals surface area contributed by atoms with Gasteiger partial charge >= 0.3 is 5.76 Å². The molecule has 0 aliphatic heterocycles. The Hall–Kier alpha value is -4.20. The van der Waals surface area contributed by atoms with Gasteiger partial charge in [0.25, 0.3) is 5.69 Å². The van der Waals surface area contributed by atoms with E-state index in [4.69, 9.17) is 4.42 Å². The number of carbonyl (C=O) groups excluding carboxylic acids is 1. The Bertz CT molecular complexity index is 1450. The van der Waals surface area contributed by atoms with Crippen LogP contribution in [0.5, 0.6) is 0 Å². The molecule has 8 heteroatoms. The van der Waals surface area contributed by atoms with Gasteiger partial charge in [-0.2, -0.15) is 0 Å². The second kappa shape index (κ2) is 8.62. The van der Waals surface area contributed by atoms with Crippen LogP contribution in [0.25, 0.3) is 11.1 Å². The van der Waals surface area contributed by atoms with Crippen LogP contribution in [0.1, 0.15) is 34.7 Å². The fourth-order valence-electron chi connectivity index (χ4n) is 4.67. The first-order chi connectivity index (χ1) is 16.4. The van der Waals surface area contributed by atoms with Crippen LogP contribution >= 0.6 is 0 Å². The Morgan fingerprint density at radius 3 is 2.68 bits per heavy atom. The number of nitro groups is 1. The summed E-state index contributed by atoms with van der Waals surface area (Å²) >= 11 is 0. The summed E-state index contributed by atoms with van der Waals surface area (Å²) < 4.78 is 6.46. The Balaban J connectivity index is 1.50. The monoisotopic (exact) mass is 457 g/mol. The van der Waals surface area contributed by atoms with E-state index >= 15 is 0 Å². The van der Waals surface area contributed by atoms with E-state index in [1.807, 2.05) is 48.2 Å². The molecule has 34 heavy (non-hydrogen) atoms. The van der Waals surface area contributed by atoms with Crippen molar-refractivity contribution in [2.75, 3.05) is 0 Å². The molecule has 0 saturated carbocycles. The molecule has 172 valence electrons. The van der Waals surface area contributed by atoms with Gasteiger partial charge in [0.2, 0.25) is 5.91 Å². The maximum Gasteiger partial charge on any atom is 0.420 e. The minimum absolute atomic E-state index is 0.0864. The number of rotatable bonds is 6. The van der Waals surface area contributed by atoms with Crippen LogP contribution < -0.4 is 5.76 Å². The van der Waals surface area contributed by atoms with Crippen LogP contribution in [0, 0.1) is 17.0 Å². The molecule has 0 bridgehead atoms. The summed E-state index contributed by atoms with van der Waals surface area (Å²) in [6.45, 7) is 2.21. The van der Waals surface area contributed by atoms with Crippen molar-refractivity contribution in [3.63, 3.8) is 0 Å². The fourth-order valence-corrected chi connectivity index (χ4v) is 4.67. The number of nitro benzene ring substituents is 1. The third-order valence-electron chi connectivity index (χ3n) is 6.43. The van der Waals surface area contributed by atoms with Crippen LogP contribution in [-0.2, 0) is 24.3 Å². The SMILES string of the molecule is Cc1ccc(CN(C(=O)Cn2c(=O)oc3cc([N+](=O)[O-])ccc32)C2CCc3ccccc32)cc1. The van der Waals surface area contributed by atoms with Gasteiger partial charge in [-0.3, -0.25) is 19.5 Å². The first kappa shape index (κ1) is 21.6. The molecule has 0 saturated heterocycles. The van der Waals surface area contributed by atoms with Crippen LogP contribution in [0.4, 0.5) is 5.69 Å². The highest BCUT2D eigenvalue weighted by atomic mass is 16.6. The van der Waals surface area contributed by atoms with E-state index in [0.717, 1.165) is 29.5 Å². The summed E-state index contributed by atoms with van der Waals surface area (Å²) in [5, 5.41) is 11.1. The summed E-state index contributed by atoms with van der Waals surface area (Å²) in [4.78, 5) is 38.6. The molecule has 0 spiro atoms. The molecule has 8 nitrogen and oxygen atoms in total. The van der Waals surface area contributed by atoms with Crippen LogP contribution in [0.15, 0.2) is 75.9 Å². The number of hydrogen-bond acceptors (Lipinski definition) is 5. The highest BCUT2D eigenvalue weighted by Crippen LogP contribution is 2.36. The zero-order chi connectivity index (χ0) is 23.8. The normalized spacial score (nSPS) is 14.8. The topological polar surface area (TPSA) is 98.6 Å². The lowest BCUT2D eigenvalue weighted by atomic mass is 10.1. The van der Waals surface area contributed by atoms with Crippen molar-refractivity contribution in [1.82, 2.24) is 9.47 Å². The van der Waals surface area contributed by atoms with Gasteiger partial charge in [-0.1, -0.05) is 54.1 Å². The maximum atomic E-state index is 13.7.